The van der Waals surface area contributed by atoms with Crippen LogP contribution in [0.1, 0.15) is 68.2 Å². The van der Waals surface area contributed by atoms with Crippen LogP contribution in [0.25, 0.3) is 0 Å². The average Bonchev–Trinajstić information content (AvgIpc) is 2.63. The Bertz CT molecular complexity index is 324. The van der Waals surface area contributed by atoms with E-state index in [2.05, 4.69) is 39.8 Å². The highest BCUT2D eigenvalue weighted by Crippen LogP contribution is 2.35. The molecule has 0 aliphatic heterocycles. The molecule has 82 valence electrons. The monoisotopic (exact) mass is 202 g/mol. The quantitative estimate of drug-likeness (QED) is 0.666. The predicted molar refractivity (Wildman–Crippen MR) is 66.6 cm³/mol. The molecular formula is C15H22. The molecule has 0 aromatic heterocycles. The lowest BCUT2D eigenvalue weighted by Gasteiger charge is -2.17. The smallest absolute Gasteiger partial charge is 0.0216 e. The van der Waals surface area contributed by atoms with E-state index in [0.29, 0.717) is 11.8 Å². The SMILES string of the molecule is CC(C)c1ccc(C(C)C)c2c1CCC2. The van der Waals surface area contributed by atoms with Gasteiger partial charge in [-0.1, -0.05) is 39.8 Å². The lowest BCUT2D eigenvalue weighted by atomic mass is 9.88. The van der Waals surface area contributed by atoms with Gasteiger partial charge in [0, 0.05) is 0 Å². The van der Waals surface area contributed by atoms with E-state index >= 15 is 0 Å². The van der Waals surface area contributed by atoms with E-state index in [1.165, 1.54) is 19.3 Å². The molecule has 0 saturated carbocycles. The summed E-state index contributed by atoms with van der Waals surface area (Å²) < 4.78 is 0. The van der Waals surface area contributed by atoms with E-state index in [4.69, 9.17) is 0 Å². The molecule has 0 radical (unpaired) electrons. The van der Waals surface area contributed by atoms with Crippen LogP contribution in [0.5, 0.6) is 0 Å². The van der Waals surface area contributed by atoms with E-state index in [0.717, 1.165) is 0 Å². The van der Waals surface area contributed by atoms with E-state index < -0.39 is 0 Å². The minimum Gasteiger partial charge on any atom is -0.0587 e. The Kier molecular flexibility index (Phi) is 2.86. The predicted octanol–water partition coefficient (Wildman–Crippen LogP) is 4.42. The highest BCUT2D eigenvalue weighted by molar-refractivity contribution is 5.46. The molecule has 0 amide bonds. The van der Waals surface area contributed by atoms with Gasteiger partial charge in [-0.3, -0.25) is 0 Å². The molecule has 2 rings (SSSR count). The van der Waals surface area contributed by atoms with Gasteiger partial charge in [-0.25, -0.2) is 0 Å². The second-order valence-electron chi connectivity index (χ2n) is 5.36. The zero-order chi connectivity index (χ0) is 11.0. The van der Waals surface area contributed by atoms with Gasteiger partial charge in [-0.05, 0) is 53.4 Å². The van der Waals surface area contributed by atoms with Crippen LogP contribution in [0.4, 0.5) is 0 Å². The number of hydrogen-bond donors (Lipinski definition) is 0. The molecule has 0 bridgehead atoms. The summed E-state index contributed by atoms with van der Waals surface area (Å²) in [5.74, 6) is 1.36. The van der Waals surface area contributed by atoms with Crippen molar-refractivity contribution in [3.8, 4) is 0 Å². The molecule has 1 aliphatic carbocycles. The Hall–Kier alpha value is -0.780. The third-order valence-electron chi connectivity index (χ3n) is 3.60. The number of rotatable bonds is 2. The fraction of sp³-hybridized carbons (Fsp3) is 0.600. The summed E-state index contributed by atoms with van der Waals surface area (Å²) in [5, 5.41) is 0. The molecule has 0 N–H and O–H groups in total. The first kappa shape index (κ1) is 10.7. The van der Waals surface area contributed by atoms with Crippen LogP contribution in [-0.4, -0.2) is 0 Å². The molecule has 1 aromatic rings. The number of fused-ring (bicyclic) bond motifs is 1. The van der Waals surface area contributed by atoms with Crippen molar-refractivity contribution in [2.24, 2.45) is 0 Å². The third-order valence-corrected chi connectivity index (χ3v) is 3.60. The topological polar surface area (TPSA) is 0 Å². The summed E-state index contributed by atoms with van der Waals surface area (Å²) in [6.07, 6.45) is 3.98. The van der Waals surface area contributed by atoms with Crippen molar-refractivity contribution < 1.29 is 0 Å². The van der Waals surface area contributed by atoms with Crippen LogP contribution in [-0.2, 0) is 12.8 Å². The van der Waals surface area contributed by atoms with Gasteiger partial charge in [-0.15, -0.1) is 0 Å². The first-order valence-corrected chi connectivity index (χ1v) is 6.25. The molecule has 0 saturated heterocycles. The summed E-state index contributed by atoms with van der Waals surface area (Å²) in [6, 6.07) is 4.73. The molecule has 1 aliphatic rings. The number of benzene rings is 1. The fourth-order valence-corrected chi connectivity index (χ4v) is 2.84. The third kappa shape index (κ3) is 1.82. The minimum atomic E-state index is 0.679. The molecule has 0 atom stereocenters. The zero-order valence-electron chi connectivity index (χ0n) is 10.4. The second-order valence-corrected chi connectivity index (χ2v) is 5.36. The molecule has 0 heteroatoms. The van der Waals surface area contributed by atoms with Crippen molar-refractivity contribution in [3.63, 3.8) is 0 Å². The molecule has 0 unspecified atom stereocenters. The Morgan fingerprint density at radius 1 is 0.800 bits per heavy atom. The normalized spacial score (nSPS) is 15.1. The van der Waals surface area contributed by atoms with Gasteiger partial charge < -0.3 is 0 Å². The highest BCUT2D eigenvalue weighted by Gasteiger charge is 2.20. The van der Waals surface area contributed by atoms with Crippen molar-refractivity contribution in [1.29, 1.82) is 0 Å². The van der Waals surface area contributed by atoms with Crippen LogP contribution in [0, 0.1) is 0 Å². The zero-order valence-corrected chi connectivity index (χ0v) is 10.4. The van der Waals surface area contributed by atoms with E-state index in [1.54, 1.807) is 22.3 Å². The second kappa shape index (κ2) is 4.00. The van der Waals surface area contributed by atoms with Gasteiger partial charge in [0.2, 0.25) is 0 Å². The summed E-state index contributed by atoms with van der Waals surface area (Å²) in [6.45, 7) is 9.23. The average molecular weight is 202 g/mol. The lowest BCUT2D eigenvalue weighted by molar-refractivity contribution is 0.826. The fourth-order valence-electron chi connectivity index (χ4n) is 2.84. The Labute approximate surface area is 93.7 Å². The highest BCUT2D eigenvalue weighted by atomic mass is 14.2. The maximum Gasteiger partial charge on any atom is -0.0216 e. The maximum absolute atomic E-state index is 2.37. The van der Waals surface area contributed by atoms with Crippen LogP contribution in [0.3, 0.4) is 0 Å². The van der Waals surface area contributed by atoms with Gasteiger partial charge in [0.15, 0.2) is 0 Å². The standard InChI is InChI=1S/C15H22/c1-10(2)12-8-9-13(11(3)4)15-7-5-6-14(12)15/h8-11H,5-7H2,1-4H3. The largest absolute Gasteiger partial charge is 0.0587 e. The van der Waals surface area contributed by atoms with Crippen molar-refractivity contribution >= 4 is 0 Å². The Morgan fingerprint density at radius 3 is 1.53 bits per heavy atom. The molecule has 0 fully saturated rings. The summed E-state index contributed by atoms with van der Waals surface area (Å²) in [7, 11) is 0. The van der Waals surface area contributed by atoms with Crippen LogP contribution in [0.2, 0.25) is 0 Å². The summed E-state index contributed by atoms with van der Waals surface area (Å²) >= 11 is 0. The minimum absolute atomic E-state index is 0.679. The van der Waals surface area contributed by atoms with Gasteiger partial charge in [0.1, 0.15) is 0 Å². The summed E-state index contributed by atoms with van der Waals surface area (Å²) in [5.41, 5.74) is 6.53. The molecule has 0 heterocycles. The molecule has 0 nitrogen and oxygen atoms in total. The van der Waals surface area contributed by atoms with E-state index in [1.807, 2.05) is 0 Å². The molecular weight excluding hydrogens is 180 g/mol. The van der Waals surface area contributed by atoms with Gasteiger partial charge >= 0.3 is 0 Å². The Morgan fingerprint density at radius 2 is 1.20 bits per heavy atom. The van der Waals surface area contributed by atoms with Gasteiger partial charge in [0.25, 0.3) is 0 Å². The van der Waals surface area contributed by atoms with Crippen molar-refractivity contribution in [2.75, 3.05) is 0 Å². The van der Waals surface area contributed by atoms with Gasteiger partial charge in [-0.2, -0.15) is 0 Å². The van der Waals surface area contributed by atoms with Crippen LogP contribution in [0.15, 0.2) is 12.1 Å². The van der Waals surface area contributed by atoms with Crippen LogP contribution >= 0.6 is 0 Å². The van der Waals surface area contributed by atoms with Crippen LogP contribution < -0.4 is 0 Å². The van der Waals surface area contributed by atoms with Gasteiger partial charge in [0.05, 0.1) is 0 Å². The first-order chi connectivity index (χ1) is 7.11. The van der Waals surface area contributed by atoms with E-state index in [9.17, 15) is 0 Å². The van der Waals surface area contributed by atoms with Crippen molar-refractivity contribution in [1.82, 2.24) is 0 Å². The number of hydrogen-bond acceptors (Lipinski definition) is 0. The molecule has 15 heavy (non-hydrogen) atoms. The molecule has 1 aromatic carbocycles. The van der Waals surface area contributed by atoms with Crippen molar-refractivity contribution in [2.45, 2.75) is 58.8 Å². The first-order valence-electron chi connectivity index (χ1n) is 6.25. The Balaban J connectivity index is 2.54. The van der Waals surface area contributed by atoms with E-state index in [-0.39, 0.29) is 0 Å². The molecule has 0 spiro atoms. The maximum atomic E-state index is 2.37. The van der Waals surface area contributed by atoms with Crippen molar-refractivity contribution in [3.05, 3.63) is 34.4 Å². The summed E-state index contributed by atoms with van der Waals surface area (Å²) in [4.78, 5) is 0. The lowest BCUT2D eigenvalue weighted by Crippen LogP contribution is -2.01.